The van der Waals surface area contributed by atoms with E-state index in [9.17, 15) is 0 Å². The summed E-state index contributed by atoms with van der Waals surface area (Å²) in [5, 5.41) is 4.86. The molecule has 0 radical (unpaired) electrons. The lowest BCUT2D eigenvalue weighted by Gasteiger charge is -2.20. The van der Waals surface area contributed by atoms with Gasteiger partial charge in [-0.05, 0) is 31.3 Å². The second-order valence-corrected chi connectivity index (χ2v) is 3.38. The van der Waals surface area contributed by atoms with E-state index in [0.717, 1.165) is 5.82 Å². The fourth-order valence-corrected chi connectivity index (χ4v) is 1.85. The van der Waals surface area contributed by atoms with Crippen molar-refractivity contribution >= 4 is 0 Å². The lowest BCUT2D eigenvalue weighted by Crippen LogP contribution is -2.27. The molecule has 3 N–H and O–H groups in total. The zero-order valence-corrected chi connectivity index (χ0v) is 7.21. The van der Waals surface area contributed by atoms with E-state index < -0.39 is 0 Å². The molecule has 1 aliphatic carbocycles. The minimum Gasteiger partial charge on any atom is -0.346 e. The molecule has 0 aromatic heterocycles. The van der Waals surface area contributed by atoms with E-state index in [4.69, 9.17) is 5.84 Å². The summed E-state index contributed by atoms with van der Waals surface area (Å²) < 4.78 is 0. The lowest BCUT2D eigenvalue weighted by atomic mass is 9.95. The van der Waals surface area contributed by atoms with Crippen LogP contribution in [0.15, 0.2) is 23.8 Å². The molecule has 0 unspecified atom stereocenters. The van der Waals surface area contributed by atoms with Crippen LogP contribution in [0.25, 0.3) is 0 Å². The van der Waals surface area contributed by atoms with Gasteiger partial charge in [0.15, 0.2) is 0 Å². The molecule has 1 fully saturated rings. The topological polar surface area (TPSA) is 41.3 Å². The van der Waals surface area contributed by atoms with E-state index in [0.29, 0.717) is 0 Å². The van der Waals surface area contributed by atoms with Gasteiger partial charge in [-0.3, -0.25) is 5.01 Å². The first kappa shape index (κ1) is 7.68. The standard InChI is InChI=1S/C9H15N3/c10-12-7-6-11-9(12)8-4-2-1-3-5-8/h6-7,11H,1-5,10H2. The Bertz CT molecular complexity index is 222. The van der Waals surface area contributed by atoms with Crippen molar-refractivity contribution in [1.29, 1.82) is 0 Å². The van der Waals surface area contributed by atoms with Crippen LogP contribution in [0.5, 0.6) is 0 Å². The highest BCUT2D eigenvalue weighted by Crippen LogP contribution is 2.26. The molecule has 0 bridgehead atoms. The Hall–Kier alpha value is -0.960. The van der Waals surface area contributed by atoms with Crippen molar-refractivity contribution in [1.82, 2.24) is 10.3 Å². The van der Waals surface area contributed by atoms with Crippen molar-refractivity contribution in [2.75, 3.05) is 0 Å². The summed E-state index contributed by atoms with van der Waals surface area (Å²) in [4.78, 5) is 0. The Morgan fingerprint density at radius 3 is 2.58 bits per heavy atom. The van der Waals surface area contributed by atoms with Crippen LogP contribution in [0.4, 0.5) is 0 Å². The molecule has 0 aromatic carbocycles. The van der Waals surface area contributed by atoms with E-state index in [-0.39, 0.29) is 0 Å². The van der Waals surface area contributed by atoms with Crippen molar-refractivity contribution in [3.8, 4) is 0 Å². The fourth-order valence-electron chi connectivity index (χ4n) is 1.85. The van der Waals surface area contributed by atoms with Crippen molar-refractivity contribution < 1.29 is 0 Å². The van der Waals surface area contributed by atoms with Crippen LogP contribution >= 0.6 is 0 Å². The Morgan fingerprint density at radius 1 is 1.25 bits per heavy atom. The maximum atomic E-state index is 5.74. The molecular formula is C9H15N3. The molecular weight excluding hydrogens is 150 g/mol. The highest BCUT2D eigenvalue weighted by atomic mass is 15.5. The predicted molar refractivity (Wildman–Crippen MR) is 48.4 cm³/mol. The molecule has 2 rings (SSSR count). The molecule has 0 amide bonds. The summed E-state index contributed by atoms with van der Waals surface area (Å²) in [5.74, 6) is 6.84. The van der Waals surface area contributed by atoms with Gasteiger partial charge >= 0.3 is 0 Å². The Kier molecular flexibility index (Phi) is 2.04. The Balaban J connectivity index is 2.12. The van der Waals surface area contributed by atoms with Gasteiger partial charge in [0.05, 0.1) is 0 Å². The molecule has 1 heterocycles. The van der Waals surface area contributed by atoms with Crippen LogP contribution in [0.2, 0.25) is 0 Å². The smallest absolute Gasteiger partial charge is 0.123 e. The van der Waals surface area contributed by atoms with Crippen LogP contribution in [0.3, 0.4) is 0 Å². The van der Waals surface area contributed by atoms with Crippen molar-refractivity contribution in [2.45, 2.75) is 32.1 Å². The first-order valence-corrected chi connectivity index (χ1v) is 4.57. The maximum Gasteiger partial charge on any atom is 0.123 e. The van der Waals surface area contributed by atoms with Gasteiger partial charge in [0.1, 0.15) is 5.82 Å². The molecule has 2 aliphatic rings. The highest BCUT2D eigenvalue weighted by molar-refractivity contribution is 5.19. The normalized spacial score (nSPS) is 23.2. The van der Waals surface area contributed by atoms with Gasteiger partial charge in [0, 0.05) is 12.4 Å². The van der Waals surface area contributed by atoms with E-state index in [1.807, 2.05) is 12.4 Å². The minimum atomic E-state index is 1.11. The van der Waals surface area contributed by atoms with Crippen LogP contribution < -0.4 is 11.2 Å². The van der Waals surface area contributed by atoms with Gasteiger partial charge in [-0.25, -0.2) is 5.84 Å². The third-order valence-electron chi connectivity index (χ3n) is 2.51. The van der Waals surface area contributed by atoms with Crippen LogP contribution in [-0.2, 0) is 0 Å². The molecule has 1 saturated carbocycles. The minimum absolute atomic E-state index is 1.11. The van der Waals surface area contributed by atoms with Crippen molar-refractivity contribution in [2.24, 2.45) is 5.84 Å². The van der Waals surface area contributed by atoms with Gasteiger partial charge < -0.3 is 5.32 Å². The zero-order valence-electron chi connectivity index (χ0n) is 7.21. The number of rotatable bonds is 0. The SMILES string of the molecule is NN1C=CNC1=C1CCCCC1. The monoisotopic (exact) mass is 165 g/mol. The van der Waals surface area contributed by atoms with Crippen molar-refractivity contribution in [3.05, 3.63) is 23.8 Å². The third kappa shape index (κ3) is 1.32. The highest BCUT2D eigenvalue weighted by Gasteiger charge is 2.15. The first-order valence-electron chi connectivity index (χ1n) is 4.57. The maximum absolute atomic E-state index is 5.74. The summed E-state index contributed by atoms with van der Waals surface area (Å²) in [7, 11) is 0. The van der Waals surface area contributed by atoms with Gasteiger partial charge in [-0.15, -0.1) is 0 Å². The van der Waals surface area contributed by atoms with Gasteiger partial charge in [-0.2, -0.15) is 0 Å². The summed E-state index contributed by atoms with van der Waals surface area (Å²) >= 11 is 0. The summed E-state index contributed by atoms with van der Waals surface area (Å²) in [6.45, 7) is 0. The second kappa shape index (κ2) is 3.19. The average Bonchev–Trinajstić information content (AvgIpc) is 2.53. The largest absolute Gasteiger partial charge is 0.346 e. The number of allylic oxidation sites excluding steroid dienone is 1. The van der Waals surface area contributed by atoms with Gasteiger partial charge in [-0.1, -0.05) is 6.42 Å². The second-order valence-electron chi connectivity index (χ2n) is 3.38. The van der Waals surface area contributed by atoms with Gasteiger partial charge in [0.25, 0.3) is 0 Å². The summed E-state index contributed by atoms with van der Waals surface area (Å²) in [6, 6.07) is 0. The molecule has 0 atom stereocenters. The quantitative estimate of drug-likeness (QED) is 0.533. The Morgan fingerprint density at radius 2 is 2.00 bits per heavy atom. The number of nitrogens with zero attached hydrogens (tertiary/aromatic N) is 1. The molecule has 3 nitrogen and oxygen atoms in total. The number of nitrogens with one attached hydrogen (secondary N) is 1. The first-order chi connectivity index (χ1) is 5.88. The average molecular weight is 165 g/mol. The molecule has 0 saturated heterocycles. The zero-order chi connectivity index (χ0) is 8.39. The molecule has 12 heavy (non-hydrogen) atoms. The van der Waals surface area contributed by atoms with E-state index >= 15 is 0 Å². The molecule has 3 heteroatoms. The lowest BCUT2D eigenvalue weighted by molar-refractivity contribution is 0.466. The third-order valence-corrected chi connectivity index (χ3v) is 2.51. The number of hydrogen-bond donors (Lipinski definition) is 2. The summed E-state index contributed by atoms with van der Waals surface area (Å²) in [5.41, 5.74) is 1.48. The molecule has 0 spiro atoms. The summed E-state index contributed by atoms with van der Waals surface area (Å²) in [6.07, 6.45) is 10.2. The van der Waals surface area contributed by atoms with E-state index in [2.05, 4.69) is 5.32 Å². The molecule has 1 aliphatic heterocycles. The predicted octanol–water partition coefficient (Wildman–Crippen LogP) is 1.41. The number of hydrazine groups is 1. The molecule has 66 valence electrons. The van der Waals surface area contributed by atoms with Crippen LogP contribution in [0.1, 0.15) is 32.1 Å². The van der Waals surface area contributed by atoms with Crippen molar-refractivity contribution in [3.63, 3.8) is 0 Å². The van der Waals surface area contributed by atoms with E-state index in [1.165, 1.54) is 37.7 Å². The van der Waals surface area contributed by atoms with E-state index in [1.54, 1.807) is 5.01 Å². The Labute approximate surface area is 72.9 Å². The molecule has 0 aromatic rings. The van der Waals surface area contributed by atoms with Crippen LogP contribution in [-0.4, -0.2) is 5.01 Å². The fraction of sp³-hybridized carbons (Fsp3) is 0.556. The van der Waals surface area contributed by atoms with Crippen LogP contribution in [0, 0.1) is 0 Å². The number of nitrogens with two attached hydrogens (primary N) is 1. The van der Waals surface area contributed by atoms with Gasteiger partial charge in [0.2, 0.25) is 0 Å². The number of hydrogen-bond acceptors (Lipinski definition) is 3.